The SMILES string of the molecule is C=CCN1C[C@H](C(=O)N(CSCC(=O)CC)C(=O)NCC)C[C@@H]2c3cccc4[nH]cc(c34)C[C@H]21. The molecule has 7 nitrogen and oxygen atoms in total. The van der Waals surface area contributed by atoms with Gasteiger partial charge in [-0.3, -0.25) is 19.4 Å². The number of benzene rings is 1. The Morgan fingerprint density at radius 1 is 1.32 bits per heavy atom. The van der Waals surface area contributed by atoms with Crippen LogP contribution in [0.25, 0.3) is 10.9 Å². The molecule has 0 saturated carbocycles. The number of ketones is 1. The molecule has 3 atom stereocenters. The van der Waals surface area contributed by atoms with Crippen molar-refractivity contribution in [2.75, 3.05) is 31.3 Å². The number of Topliss-reactive ketones (excluding diaryl/α,β-unsaturated/α-hetero) is 1. The highest BCUT2D eigenvalue weighted by atomic mass is 32.2. The van der Waals surface area contributed by atoms with Crippen molar-refractivity contribution < 1.29 is 14.4 Å². The third-order valence-corrected chi connectivity index (χ3v) is 7.97. The first-order valence-corrected chi connectivity index (χ1v) is 13.3. The molecule has 1 fully saturated rings. The molecule has 2 aromatic rings. The van der Waals surface area contributed by atoms with E-state index in [1.807, 2.05) is 19.9 Å². The van der Waals surface area contributed by atoms with Gasteiger partial charge in [0.05, 0.1) is 17.5 Å². The van der Waals surface area contributed by atoms with Crippen molar-refractivity contribution in [2.45, 2.75) is 45.1 Å². The molecule has 182 valence electrons. The lowest BCUT2D eigenvalue weighted by molar-refractivity contribution is -0.134. The maximum Gasteiger partial charge on any atom is 0.324 e. The predicted molar refractivity (Wildman–Crippen MR) is 137 cm³/mol. The van der Waals surface area contributed by atoms with Gasteiger partial charge in [-0.2, -0.15) is 0 Å². The summed E-state index contributed by atoms with van der Waals surface area (Å²) in [5.74, 6) is 0.336. The minimum atomic E-state index is -0.389. The van der Waals surface area contributed by atoms with Crippen LogP contribution in [0.3, 0.4) is 0 Å². The first-order valence-electron chi connectivity index (χ1n) is 12.1. The van der Waals surface area contributed by atoms with Crippen LogP contribution in [-0.2, 0) is 16.0 Å². The standard InChI is InChI=1S/C26H34N4O3S/c1-4-10-29-14-18(25(32)30(26(33)27-6-3)16-34-15-19(31)5-2)11-21-20-8-7-9-22-24(20)17(13-28-22)12-23(21)29/h4,7-9,13,18,21,23,28H,1,5-6,10-12,14-16H2,2-3H3,(H,27,33)/t18-,21-,23-/m1/s1. The largest absolute Gasteiger partial charge is 0.361 e. The number of fused-ring (bicyclic) bond motifs is 2. The van der Waals surface area contributed by atoms with Crippen molar-refractivity contribution in [2.24, 2.45) is 5.92 Å². The molecule has 2 heterocycles. The molecule has 2 aliphatic rings. The fraction of sp³-hybridized carbons (Fsp3) is 0.500. The van der Waals surface area contributed by atoms with E-state index in [0.717, 1.165) is 11.9 Å². The molecule has 4 rings (SSSR count). The van der Waals surface area contributed by atoms with E-state index in [1.54, 1.807) is 0 Å². The number of nitrogens with one attached hydrogen (secondary N) is 2. The number of hydrogen-bond donors (Lipinski definition) is 2. The fourth-order valence-corrected chi connectivity index (χ4v) is 6.34. The maximum atomic E-state index is 13.7. The van der Waals surface area contributed by atoms with E-state index in [2.05, 4.69) is 46.2 Å². The third kappa shape index (κ3) is 4.79. The average Bonchev–Trinajstić information content (AvgIpc) is 3.26. The number of carbonyl (C=O) groups is 3. The molecule has 1 aliphatic heterocycles. The van der Waals surface area contributed by atoms with Gasteiger partial charge in [-0.05, 0) is 37.0 Å². The van der Waals surface area contributed by atoms with Gasteiger partial charge in [0.1, 0.15) is 5.78 Å². The molecule has 0 bridgehead atoms. The molecule has 1 aromatic carbocycles. The van der Waals surface area contributed by atoms with E-state index in [-0.39, 0.29) is 35.4 Å². The van der Waals surface area contributed by atoms with Gasteiger partial charge in [-0.25, -0.2) is 4.79 Å². The Kier molecular flexibility index (Phi) is 7.78. The first-order chi connectivity index (χ1) is 16.5. The zero-order chi connectivity index (χ0) is 24.2. The van der Waals surface area contributed by atoms with Gasteiger partial charge in [0.2, 0.25) is 5.91 Å². The summed E-state index contributed by atoms with van der Waals surface area (Å²) >= 11 is 1.32. The second kappa shape index (κ2) is 10.8. The van der Waals surface area contributed by atoms with Crippen LogP contribution in [0.15, 0.2) is 37.1 Å². The number of aromatic amines is 1. The Balaban J connectivity index is 1.60. The fourth-order valence-electron chi connectivity index (χ4n) is 5.39. The minimum Gasteiger partial charge on any atom is -0.361 e. The lowest BCUT2D eigenvalue weighted by atomic mass is 9.72. The molecule has 3 amide bonds. The minimum absolute atomic E-state index is 0.114. The van der Waals surface area contributed by atoms with Gasteiger partial charge in [-0.1, -0.05) is 25.1 Å². The van der Waals surface area contributed by atoms with Crippen LogP contribution in [0.1, 0.15) is 43.7 Å². The van der Waals surface area contributed by atoms with Gasteiger partial charge < -0.3 is 10.3 Å². The zero-order valence-electron chi connectivity index (χ0n) is 20.0. The van der Waals surface area contributed by atoms with Crippen molar-refractivity contribution in [1.82, 2.24) is 20.1 Å². The van der Waals surface area contributed by atoms with Crippen LogP contribution in [-0.4, -0.2) is 69.8 Å². The van der Waals surface area contributed by atoms with Crippen LogP contribution in [0.4, 0.5) is 4.79 Å². The van der Waals surface area contributed by atoms with Crippen LogP contribution >= 0.6 is 11.8 Å². The predicted octanol–water partition coefficient (Wildman–Crippen LogP) is 3.91. The monoisotopic (exact) mass is 482 g/mol. The summed E-state index contributed by atoms with van der Waals surface area (Å²) in [6, 6.07) is 6.27. The van der Waals surface area contributed by atoms with Crippen LogP contribution in [0, 0.1) is 5.92 Å². The smallest absolute Gasteiger partial charge is 0.324 e. The number of H-pyrrole nitrogens is 1. The topological polar surface area (TPSA) is 85.5 Å². The van der Waals surface area contributed by atoms with Crippen molar-refractivity contribution in [3.63, 3.8) is 0 Å². The number of piperidine rings is 1. The summed E-state index contributed by atoms with van der Waals surface area (Å²) in [6.45, 7) is 9.33. The Bertz CT molecular complexity index is 1080. The highest BCUT2D eigenvalue weighted by Crippen LogP contribution is 2.45. The number of imide groups is 1. The van der Waals surface area contributed by atoms with E-state index in [0.29, 0.717) is 44.3 Å². The quantitative estimate of drug-likeness (QED) is 0.418. The number of aromatic nitrogens is 1. The number of likely N-dealkylation sites (tertiary alicyclic amines) is 1. The van der Waals surface area contributed by atoms with E-state index in [1.165, 1.54) is 33.2 Å². The Labute approximate surface area is 205 Å². The Morgan fingerprint density at radius 3 is 2.88 bits per heavy atom. The summed E-state index contributed by atoms with van der Waals surface area (Å²) in [4.78, 5) is 45.3. The molecule has 0 spiro atoms. The first kappa shape index (κ1) is 24.5. The van der Waals surface area contributed by atoms with Crippen molar-refractivity contribution in [1.29, 1.82) is 0 Å². The highest BCUT2D eigenvalue weighted by Gasteiger charge is 2.44. The third-order valence-electron chi connectivity index (χ3n) is 7.00. The van der Waals surface area contributed by atoms with E-state index < -0.39 is 0 Å². The Morgan fingerprint density at radius 2 is 2.15 bits per heavy atom. The number of rotatable bonds is 9. The molecule has 34 heavy (non-hydrogen) atoms. The van der Waals surface area contributed by atoms with Gasteiger partial charge >= 0.3 is 6.03 Å². The normalized spacial score (nSPS) is 21.6. The van der Waals surface area contributed by atoms with Crippen molar-refractivity contribution in [3.05, 3.63) is 48.2 Å². The molecular formula is C26H34N4O3S. The molecule has 0 radical (unpaired) electrons. The molecule has 8 heteroatoms. The summed E-state index contributed by atoms with van der Waals surface area (Å²) in [5, 5.41) is 4.05. The maximum absolute atomic E-state index is 13.7. The molecule has 1 aromatic heterocycles. The van der Waals surface area contributed by atoms with Crippen LogP contribution < -0.4 is 5.32 Å². The average molecular weight is 483 g/mol. The number of urea groups is 1. The number of carbonyl (C=O) groups excluding carboxylic acids is 3. The van der Waals surface area contributed by atoms with Crippen LogP contribution in [0.5, 0.6) is 0 Å². The highest BCUT2D eigenvalue weighted by molar-refractivity contribution is 7.99. The number of nitrogens with zero attached hydrogens (tertiary/aromatic N) is 2. The van der Waals surface area contributed by atoms with E-state index in [9.17, 15) is 14.4 Å². The summed E-state index contributed by atoms with van der Waals surface area (Å²) in [5.41, 5.74) is 3.74. The van der Waals surface area contributed by atoms with Gasteiger partial charge in [-0.15, -0.1) is 18.3 Å². The summed E-state index contributed by atoms with van der Waals surface area (Å²) in [7, 11) is 0. The second-order valence-corrected chi connectivity index (χ2v) is 10.1. The summed E-state index contributed by atoms with van der Waals surface area (Å²) in [6.07, 6.45) is 6.10. The second-order valence-electron chi connectivity index (χ2n) is 9.11. The van der Waals surface area contributed by atoms with Gasteiger partial charge in [0.15, 0.2) is 0 Å². The zero-order valence-corrected chi connectivity index (χ0v) is 20.8. The molecular weight excluding hydrogens is 448 g/mol. The van der Waals surface area contributed by atoms with Gasteiger partial charge in [0, 0.05) is 55.1 Å². The van der Waals surface area contributed by atoms with Crippen LogP contribution in [0.2, 0.25) is 0 Å². The van der Waals surface area contributed by atoms with Crippen molar-refractivity contribution >= 4 is 40.4 Å². The molecule has 0 unspecified atom stereocenters. The van der Waals surface area contributed by atoms with Crippen molar-refractivity contribution in [3.8, 4) is 0 Å². The summed E-state index contributed by atoms with van der Waals surface area (Å²) < 4.78 is 0. The number of amides is 3. The Hall–Kier alpha value is -2.58. The number of hydrogen-bond acceptors (Lipinski definition) is 5. The lowest BCUT2D eigenvalue weighted by Gasteiger charge is -2.47. The van der Waals surface area contributed by atoms with E-state index >= 15 is 0 Å². The lowest BCUT2D eigenvalue weighted by Crippen LogP contribution is -2.55. The van der Waals surface area contributed by atoms with E-state index in [4.69, 9.17) is 0 Å². The number of thioether (sulfide) groups is 1. The molecule has 2 N–H and O–H groups in total. The molecule has 1 aliphatic carbocycles. The van der Waals surface area contributed by atoms with Gasteiger partial charge in [0.25, 0.3) is 0 Å². The molecule has 1 saturated heterocycles.